The van der Waals surface area contributed by atoms with Crippen molar-refractivity contribution in [2.24, 2.45) is 0 Å². The van der Waals surface area contributed by atoms with E-state index in [1.807, 2.05) is 6.07 Å². The highest BCUT2D eigenvalue weighted by Gasteiger charge is 2.25. The third-order valence-electron chi connectivity index (χ3n) is 3.93. The molecule has 0 spiro atoms. The zero-order valence-electron chi connectivity index (χ0n) is 10.6. The second kappa shape index (κ2) is 3.94. The first-order valence-corrected chi connectivity index (χ1v) is 7.29. The van der Waals surface area contributed by atoms with E-state index in [-0.39, 0.29) is 0 Å². The Morgan fingerprint density at radius 3 is 2.95 bits per heavy atom. The molecule has 1 unspecified atom stereocenters. The van der Waals surface area contributed by atoms with Crippen LogP contribution in [0.25, 0.3) is 16.9 Å². The number of benzene rings is 1. The number of fused-ring (bicyclic) bond motifs is 5. The highest BCUT2D eigenvalue weighted by Crippen LogP contribution is 2.39. The summed E-state index contributed by atoms with van der Waals surface area (Å²) in [7, 11) is 0. The molecule has 1 atom stereocenters. The van der Waals surface area contributed by atoms with Crippen LogP contribution in [-0.2, 0) is 6.42 Å². The molecule has 0 amide bonds. The largest absolute Gasteiger partial charge is 0.302 e. The maximum atomic E-state index is 4.81. The van der Waals surface area contributed by atoms with Gasteiger partial charge in [-0.05, 0) is 46.0 Å². The fraction of sp³-hybridized carbons (Fsp3) is 0.188. The van der Waals surface area contributed by atoms with Crippen LogP contribution in [0.4, 0.5) is 0 Å². The average molecular weight is 313 g/mol. The second-order valence-electron chi connectivity index (χ2n) is 5.18. The second-order valence-corrected chi connectivity index (χ2v) is 6.09. The molecule has 1 aromatic carbocycles. The van der Waals surface area contributed by atoms with Gasteiger partial charge in [0.15, 0.2) is 0 Å². The molecule has 2 aromatic heterocycles. The van der Waals surface area contributed by atoms with E-state index in [2.05, 4.69) is 63.8 Å². The van der Waals surface area contributed by atoms with E-state index in [0.29, 0.717) is 5.92 Å². The number of imidazole rings is 1. The molecule has 3 heteroatoms. The Morgan fingerprint density at radius 1 is 1.21 bits per heavy atom. The number of hydrogen-bond donors (Lipinski definition) is 0. The fourth-order valence-electron chi connectivity index (χ4n) is 3.02. The van der Waals surface area contributed by atoms with Crippen LogP contribution in [0, 0.1) is 0 Å². The predicted molar refractivity (Wildman–Crippen MR) is 80.4 cm³/mol. The Kier molecular flexibility index (Phi) is 2.33. The molecule has 4 rings (SSSR count). The summed E-state index contributed by atoms with van der Waals surface area (Å²) in [5.41, 5.74) is 6.19. The number of hydrogen-bond acceptors (Lipinski definition) is 1. The lowest BCUT2D eigenvalue weighted by molar-refractivity contribution is 0.724. The molecule has 3 aromatic rings. The molecule has 0 saturated heterocycles. The smallest absolute Gasteiger partial charge is 0.137 e. The van der Waals surface area contributed by atoms with E-state index in [0.717, 1.165) is 22.2 Å². The van der Waals surface area contributed by atoms with Gasteiger partial charge in [-0.2, -0.15) is 0 Å². The van der Waals surface area contributed by atoms with Crippen molar-refractivity contribution in [1.82, 2.24) is 9.38 Å². The number of rotatable bonds is 0. The Labute approximate surface area is 120 Å². The van der Waals surface area contributed by atoms with E-state index in [9.17, 15) is 0 Å². The first-order chi connectivity index (χ1) is 9.24. The standard InChI is InChI=1S/C16H13BrN2/c1-10-8-14-16(13-5-3-2-4-12(10)13)18-15-7-6-11(17)9-19(14)15/h2-7,9-10H,8H2,1H3. The van der Waals surface area contributed by atoms with Crippen LogP contribution >= 0.6 is 15.9 Å². The van der Waals surface area contributed by atoms with Gasteiger partial charge >= 0.3 is 0 Å². The summed E-state index contributed by atoms with van der Waals surface area (Å²) in [5.74, 6) is 0.544. The third kappa shape index (κ3) is 1.58. The van der Waals surface area contributed by atoms with Crippen molar-refractivity contribution in [3.05, 3.63) is 58.3 Å². The van der Waals surface area contributed by atoms with Crippen LogP contribution < -0.4 is 0 Å². The first-order valence-electron chi connectivity index (χ1n) is 6.50. The fourth-order valence-corrected chi connectivity index (χ4v) is 3.36. The molecule has 0 aliphatic heterocycles. The van der Waals surface area contributed by atoms with Gasteiger partial charge in [0.05, 0.1) is 11.4 Å². The minimum absolute atomic E-state index is 0.544. The van der Waals surface area contributed by atoms with Gasteiger partial charge in [-0.25, -0.2) is 4.98 Å². The van der Waals surface area contributed by atoms with Crippen LogP contribution in [0.15, 0.2) is 47.1 Å². The van der Waals surface area contributed by atoms with Gasteiger partial charge in [0, 0.05) is 16.2 Å². The molecule has 2 heterocycles. The minimum atomic E-state index is 0.544. The lowest BCUT2D eigenvalue weighted by atomic mass is 9.84. The van der Waals surface area contributed by atoms with Gasteiger partial charge in [-0.15, -0.1) is 0 Å². The monoisotopic (exact) mass is 312 g/mol. The average Bonchev–Trinajstić information content (AvgIpc) is 2.78. The molecule has 1 aliphatic rings. The zero-order valence-corrected chi connectivity index (χ0v) is 12.2. The highest BCUT2D eigenvalue weighted by atomic mass is 79.9. The quantitative estimate of drug-likeness (QED) is 0.600. The van der Waals surface area contributed by atoms with E-state index in [1.165, 1.54) is 16.8 Å². The van der Waals surface area contributed by atoms with E-state index >= 15 is 0 Å². The Bertz CT molecular complexity index is 789. The lowest BCUT2D eigenvalue weighted by Crippen LogP contribution is -2.09. The summed E-state index contributed by atoms with van der Waals surface area (Å²) in [6, 6.07) is 12.7. The van der Waals surface area contributed by atoms with Crippen LogP contribution in [0.1, 0.15) is 24.1 Å². The van der Waals surface area contributed by atoms with E-state index in [4.69, 9.17) is 4.98 Å². The molecule has 0 fully saturated rings. The van der Waals surface area contributed by atoms with Crippen molar-refractivity contribution in [3.8, 4) is 11.3 Å². The molecule has 94 valence electrons. The normalized spacial score (nSPS) is 17.3. The molecule has 19 heavy (non-hydrogen) atoms. The first kappa shape index (κ1) is 11.2. The Morgan fingerprint density at radius 2 is 2.05 bits per heavy atom. The molecular formula is C16H13BrN2. The van der Waals surface area contributed by atoms with Gasteiger partial charge in [-0.3, -0.25) is 0 Å². The number of pyridine rings is 1. The summed E-state index contributed by atoms with van der Waals surface area (Å²) in [6.45, 7) is 2.29. The van der Waals surface area contributed by atoms with Crippen molar-refractivity contribution >= 4 is 21.6 Å². The van der Waals surface area contributed by atoms with Crippen LogP contribution in [0.5, 0.6) is 0 Å². The molecule has 2 nitrogen and oxygen atoms in total. The van der Waals surface area contributed by atoms with Gasteiger partial charge in [0.2, 0.25) is 0 Å². The SMILES string of the molecule is CC1Cc2c(nc3ccc(Br)cn23)-c2ccccc21. The Hall–Kier alpha value is -1.61. The van der Waals surface area contributed by atoms with Crippen molar-refractivity contribution in [2.45, 2.75) is 19.3 Å². The zero-order chi connectivity index (χ0) is 13.0. The van der Waals surface area contributed by atoms with E-state index in [1.54, 1.807) is 0 Å². The highest BCUT2D eigenvalue weighted by molar-refractivity contribution is 9.10. The number of nitrogens with zero attached hydrogens (tertiary/aromatic N) is 2. The van der Waals surface area contributed by atoms with Crippen LogP contribution in [-0.4, -0.2) is 9.38 Å². The van der Waals surface area contributed by atoms with Gasteiger partial charge in [0.25, 0.3) is 0 Å². The van der Waals surface area contributed by atoms with Crippen LogP contribution in [0.3, 0.4) is 0 Å². The third-order valence-corrected chi connectivity index (χ3v) is 4.40. The summed E-state index contributed by atoms with van der Waals surface area (Å²) in [5, 5.41) is 0. The lowest BCUT2D eigenvalue weighted by Gasteiger charge is -2.22. The van der Waals surface area contributed by atoms with Crippen molar-refractivity contribution in [3.63, 3.8) is 0 Å². The molecule has 0 bridgehead atoms. The minimum Gasteiger partial charge on any atom is -0.302 e. The maximum absolute atomic E-state index is 4.81. The van der Waals surface area contributed by atoms with Gasteiger partial charge < -0.3 is 4.40 Å². The molecule has 0 radical (unpaired) electrons. The summed E-state index contributed by atoms with van der Waals surface area (Å²) in [4.78, 5) is 4.81. The predicted octanol–water partition coefficient (Wildman–Crippen LogP) is 4.42. The topological polar surface area (TPSA) is 17.3 Å². The molecular weight excluding hydrogens is 300 g/mol. The van der Waals surface area contributed by atoms with Gasteiger partial charge in [0.1, 0.15) is 5.65 Å². The molecule has 1 aliphatic carbocycles. The summed E-state index contributed by atoms with van der Waals surface area (Å²) < 4.78 is 3.30. The van der Waals surface area contributed by atoms with E-state index < -0.39 is 0 Å². The van der Waals surface area contributed by atoms with Crippen molar-refractivity contribution in [1.29, 1.82) is 0 Å². The molecule has 0 saturated carbocycles. The maximum Gasteiger partial charge on any atom is 0.137 e. The molecule has 0 N–H and O–H groups in total. The Balaban J connectivity index is 2.09. The summed E-state index contributed by atoms with van der Waals surface area (Å²) >= 11 is 3.54. The summed E-state index contributed by atoms with van der Waals surface area (Å²) in [6.07, 6.45) is 3.16. The van der Waals surface area contributed by atoms with Crippen LogP contribution in [0.2, 0.25) is 0 Å². The van der Waals surface area contributed by atoms with Gasteiger partial charge in [-0.1, -0.05) is 31.2 Å². The number of halogens is 1. The van der Waals surface area contributed by atoms with Crippen molar-refractivity contribution < 1.29 is 0 Å². The van der Waals surface area contributed by atoms with Crippen molar-refractivity contribution in [2.75, 3.05) is 0 Å². The number of aromatic nitrogens is 2.